The molecule has 1 amide bonds. The van der Waals surface area contributed by atoms with Crippen LogP contribution in [0, 0.1) is 6.92 Å². The van der Waals surface area contributed by atoms with Gasteiger partial charge in [-0.1, -0.05) is 33.6 Å². The predicted molar refractivity (Wildman–Crippen MR) is 81.7 cm³/mol. The van der Waals surface area contributed by atoms with Gasteiger partial charge in [0.25, 0.3) is 0 Å². The molecule has 0 aliphatic heterocycles. The maximum Gasteiger partial charge on any atom is 0.408 e. The van der Waals surface area contributed by atoms with Crippen LogP contribution in [0.1, 0.15) is 38.8 Å². The van der Waals surface area contributed by atoms with Gasteiger partial charge in [0, 0.05) is 4.47 Å². The normalized spacial score (nSPS) is 14.3. The number of benzene rings is 1. The van der Waals surface area contributed by atoms with Gasteiger partial charge in [-0.25, -0.2) is 4.79 Å². The van der Waals surface area contributed by atoms with Crippen LogP contribution < -0.4 is 5.32 Å². The molecule has 110 valence electrons. The van der Waals surface area contributed by atoms with E-state index >= 15 is 0 Å². The molecule has 0 spiro atoms. The molecular weight excluding hydrogens is 322 g/mol. The monoisotopic (exact) mass is 341 g/mol. The number of aldehydes is 1. The summed E-state index contributed by atoms with van der Waals surface area (Å²) in [4.78, 5) is 23.4. The first-order valence-corrected chi connectivity index (χ1v) is 7.11. The molecule has 1 atom stereocenters. The Bertz CT molecular complexity index is 522. The summed E-state index contributed by atoms with van der Waals surface area (Å²) in [6.07, 6.45) is 0.0803. The second-order valence-electron chi connectivity index (χ2n) is 5.93. The molecule has 0 fully saturated rings. The highest BCUT2D eigenvalue weighted by atomic mass is 79.9. The van der Waals surface area contributed by atoms with Crippen LogP contribution in [-0.4, -0.2) is 18.0 Å². The van der Waals surface area contributed by atoms with E-state index in [1.54, 1.807) is 27.7 Å². The Kier molecular flexibility index (Phi) is 4.97. The quantitative estimate of drug-likeness (QED) is 0.853. The predicted octanol–water partition coefficient (Wildman–Crippen LogP) is 3.70. The Labute approximate surface area is 128 Å². The SMILES string of the molecule is Cc1ccc(Br)c(C(C)(C=O)NC(=O)OC(C)(C)C)c1. The third kappa shape index (κ3) is 4.34. The van der Waals surface area contributed by atoms with Gasteiger partial charge in [0.2, 0.25) is 0 Å². The Hall–Kier alpha value is -1.36. The van der Waals surface area contributed by atoms with Crippen LogP contribution in [-0.2, 0) is 15.1 Å². The second kappa shape index (κ2) is 5.95. The molecule has 0 aliphatic carbocycles. The summed E-state index contributed by atoms with van der Waals surface area (Å²) in [5.74, 6) is 0. The zero-order valence-electron chi connectivity index (χ0n) is 12.4. The Morgan fingerprint density at radius 2 is 1.90 bits per heavy atom. The summed E-state index contributed by atoms with van der Waals surface area (Å²) in [5, 5.41) is 2.62. The highest BCUT2D eigenvalue weighted by Gasteiger charge is 2.32. The van der Waals surface area contributed by atoms with Crippen LogP contribution in [0.15, 0.2) is 22.7 Å². The van der Waals surface area contributed by atoms with Crippen LogP contribution in [0.5, 0.6) is 0 Å². The van der Waals surface area contributed by atoms with E-state index in [0.29, 0.717) is 11.8 Å². The van der Waals surface area contributed by atoms with Crippen molar-refractivity contribution in [3.8, 4) is 0 Å². The van der Waals surface area contributed by atoms with Gasteiger partial charge in [-0.05, 0) is 46.2 Å². The number of nitrogens with one attached hydrogen (secondary N) is 1. The standard InChI is InChI=1S/C15H20BrNO3/c1-10-6-7-12(16)11(8-10)15(5,9-18)17-13(19)20-14(2,3)4/h6-9H,1-5H3,(H,17,19). The smallest absolute Gasteiger partial charge is 0.408 e. The fourth-order valence-electron chi connectivity index (χ4n) is 1.71. The maximum absolute atomic E-state index is 11.9. The molecule has 1 rings (SSSR count). The first-order chi connectivity index (χ1) is 9.07. The van der Waals surface area contributed by atoms with Crippen molar-refractivity contribution >= 4 is 28.3 Å². The van der Waals surface area contributed by atoms with Gasteiger partial charge in [0.15, 0.2) is 0 Å². The van der Waals surface area contributed by atoms with Crippen LogP contribution in [0.25, 0.3) is 0 Å². The van der Waals surface area contributed by atoms with Gasteiger partial charge in [-0.2, -0.15) is 0 Å². The molecule has 0 saturated heterocycles. The largest absolute Gasteiger partial charge is 0.444 e. The van der Waals surface area contributed by atoms with Crippen molar-refractivity contribution in [2.24, 2.45) is 0 Å². The molecule has 4 nitrogen and oxygen atoms in total. The van der Waals surface area contributed by atoms with E-state index in [1.807, 2.05) is 25.1 Å². The number of carbonyl (C=O) groups is 2. The Morgan fingerprint density at radius 1 is 1.30 bits per heavy atom. The molecule has 20 heavy (non-hydrogen) atoms. The van der Waals surface area contributed by atoms with Gasteiger partial charge in [0.05, 0.1) is 0 Å². The van der Waals surface area contributed by atoms with Gasteiger partial charge in [-0.3, -0.25) is 0 Å². The van der Waals surface area contributed by atoms with E-state index in [1.165, 1.54) is 0 Å². The third-order valence-electron chi connectivity index (χ3n) is 2.68. The van der Waals surface area contributed by atoms with Gasteiger partial charge in [0.1, 0.15) is 17.4 Å². The second-order valence-corrected chi connectivity index (χ2v) is 6.78. The van der Waals surface area contributed by atoms with E-state index < -0.39 is 17.2 Å². The molecule has 0 heterocycles. The van der Waals surface area contributed by atoms with Gasteiger partial charge in [-0.15, -0.1) is 0 Å². The zero-order chi connectivity index (χ0) is 15.6. The van der Waals surface area contributed by atoms with E-state index in [4.69, 9.17) is 4.74 Å². The summed E-state index contributed by atoms with van der Waals surface area (Å²) in [6.45, 7) is 8.88. The summed E-state index contributed by atoms with van der Waals surface area (Å²) in [6, 6.07) is 5.63. The highest BCUT2D eigenvalue weighted by Crippen LogP contribution is 2.28. The number of carbonyl (C=O) groups excluding carboxylic acids is 2. The minimum absolute atomic E-state index is 0.613. The van der Waals surface area contributed by atoms with Crippen molar-refractivity contribution in [3.05, 3.63) is 33.8 Å². The topological polar surface area (TPSA) is 55.4 Å². The molecule has 0 aromatic heterocycles. The molecule has 5 heteroatoms. The highest BCUT2D eigenvalue weighted by molar-refractivity contribution is 9.10. The zero-order valence-corrected chi connectivity index (χ0v) is 14.0. The fraction of sp³-hybridized carbons (Fsp3) is 0.467. The van der Waals surface area contributed by atoms with Crippen molar-refractivity contribution in [1.82, 2.24) is 5.32 Å². The van der Waals surface area contributed by atoms with Gasteiger partial charge >= 0.3 is 6.09 Å². The number of aryl methyl sites for hydroxylation is 1. The first kappa shape index (κ1) is 16.7. The molecule has 0 bridgehead atoms. The summed E-state index contributed by atoms with van der Waals surface area (Å²) >= 11 is 3.41. The fourth-order valence-corrected chi connectivity index (χ4v) is 2.37. The summed E-state index contributed by atoms with van der Waals surface area (Å²) in [5.41, 5.74) is -0.0640. The minimum atomic E-state index is -1.15. The Morgan fingerprint density at radius 3 is 2.40 bits per heavy atom. The lowest BCUT2D eigenvalue weighted by molar-refractivity contribution is -0.113. The number of rotatable bonds is 3. The molecule has 0 saturated carbocycles. The van der Waals surface area contributed by atoms with E-state index in [2.05, 4.69) is 21.2 Å². The van der Waals surface area contributed by atoms with E-state index in [0.717, 1.165) is 10.0 Å². The van der Waals surface area contributed by atoms with Crippen molar-refractivity contribution < 1.29 is 14.3 Å². The molecule has 1 aromatic carbocycles. The lowest BCUT2D eigenvalue weighted by Crippen LogP contribution is -2.47. The number of hydrogen-bond acceptors (Lipinski definition) is 3. The molecule has 1 aromatic rings. The average molecular weight is 342 g/mol. The van der Waals surface area contributed by atoms with Crippen LogP contribution in [0.2, 0.25) is 0 Å². The van der Waals surface area contributed by atoms with Crippen molar-refractivity contribution in [1.29, 1.82) is 0 Å². The molecule has 1 N–H and O–H groups in total. The molecule has 1 unspecified atom stereocenters. The maximum atomic E-state index is 11.9. The molecule has 0 aliphatic rings. The number of hydrogen-bond donors (Lipinski definition) is 1. The minimum Gasteiger partial charge on any atom is -0.444 e. The lowest BCUT2D eigenvalue weighted by Gasteiger charge is -2.28. The molecular formula is C15H20BrNO3. The van der Waals surface area contributed by atoms with E-state index in [9.17, 15) is 9.59 Å². The average Bonchev–Trinajstić information content (AvgIpc) is 2.29. The number of alkyl carbamates (subject to hydrolysis) is 1. The summed E-state index contributed by atoms with van der Waals surface area (Å²) in [7, 11) is 0. The first-order valence-electron chi connectivity index (χ1n) is 6.31. The molecule has 0 radical (unpaired) electrons. The number of ether oxygens (including phenoxy) is 1. The van der Waals surface area contributed by atoms with Crippen molar-refractivity contribution in [3.63, 3.8) is 0 Å². The van der Waals surface area contributed by atoms with E-state index in [-0.39, 0.29) is 0 Å². The van der Waals surface area contributed by atoms with Gasteiger partial charge < -0.3 is 14.8 Å². The Balaban J connectivity index is 3.06. The summed E-state index contributed by atoms with van der Waals surface area (Å²) < 4.78 is 5.96. The third-order valence-corrected chi connectivity index (χ3v) is 3.37. The lowest BCUT2D eigenvalue weighted by atomic mass is 9.92. The number of halogens is 1. The van der Waals surface area contributed by atoms with Crippen molar-refractivity contribution in [2.45, 2.75) is 45.8 Å². The van der Waals surface area contributed by atoms with Crippen LogP contribution >= 0.6 is 15.9 Å². The van der Waals surface area contributed by atoms with Crippen LogP contribution in [0.3, 0.4) is 0 Å². The van der Waals surface area contributed by atoms with Crippen LogP contribution in [0.4, 0.5) is 4.79 Å². The number of amides is 1. The van der Waals surface area contributed by atoms with Crippen molar-refractivity contribution in [2.75, 3.05) is 0 Å².